The summed E-state index contributed by atoms with van der Waals surface area (Å²) in [5, 5.41) is 5.33. The van der Waals surface area contributed by atoms with E-state index in [-0.39, 0.29) is 17.7 Å². The van der Waals surface area contributed by atoms with Crippen LogP contribution in [0.25, 0.3) is 0 Å². The molecule has 7 heteroatoms. The maximum absolute atomic E-state index is 13.6. The topological polar surface area (TPSA) is 93.4 Å². The van der Waals surface area contributed by atoms with Crippen LogP contribution >= 0.6 is 0 Å². The molecule has 0 aliphatic rings. The summed E-state index contributed by atoms with van der Waals surface area (Å²) in [4.78, 5) is 22.3. The highest BCUT2D eigenvalue weighted by molar-refractivity contribution is 5.76. The molecular formula is C16H24FN3O3. The molecule has 0 heterocycles. The Kier molecular flexibility index (Phi) is 7.87. The van der Waals surface area contributed by atoms with Crippen LogP contribution in [-0.2, 0) is 4.79 Å². The van der Waals surface area contributed by atoms with Crippen LogP contribution in [0.1, 0.15) is 44.2 Å². The molecule has 0 saturated heterocycles. The fraction of sp³-hybridized carbons (Fsp3) is 0.500. The van der Waals surface area contributed by atoms with Gasteiger partial charge in [0.2, 0.25) is 5.91 Å². The second-order valence-corrected chi connectivity index (χ2v) is 5.28. The zero-order chi connectivity index (χ0) is 17.2. The summed E-state index contributed by atoms with van der Waals surface area (Å²) in [5.74, 6) is -0.360. The number of methoxy groups -OCH3 is 1. The molecule has 3 amide bonds. The molecule has 1 atom stereocenters. The zero-order valence-corrected chi connectivity index (χ0v) is 13.5. The largest absolute Gasteiger partial charge is 0.494 e. The monoisotopic (exact) mass is 325 g/mol. The molecule has 128 valence electrons. The first kappa shape index (κ1) is 18.7. The molecule has 1 aromatic carbocycles. The van der Waals surface area contributed by atoms with E-state index in [0.29, 0.717) is 18.5 Å². The van der Waals surface area contributed by atoms with Crippen molar-refractivity contribution < 1.29 is 18.7 Å². The molecule has 0 saturated carbocycles. The number of carbonyl (C=O) groups excluding carboxylic acids is 2. The average molecular weight is 325 g/mol. The second kappa shape index (κ2) is 9.66. The van der Waals surface area contributed by atoms with E-state index in [1.165, 1.54) is 13.2 Å². The second-order valence-electron chi connectivity index (χ2n) is 5.28. The highest BCUT2D eigenvalue weighted by Gasteiger charge is 2.12. The number of unbranched alkanes of at least 4 members (excludes halogenated alkanes) is 2. The highest BCUT2D eigenvalue weighted by Crippen LogP contribution is 2.21. The molecule has 0 aliphatic carbocycles. The van der Waals surface area contributed by atoms with Crippen LogP contribution in [0, 0.1) is 5.82 Å². The van der Waals surface area contributed by atoms with Crippen LogP contribution < -0.4 is 21.1 Å². The zero-order valence-electron chi connectivity index (χ0n) is 13.5. The Morgan fingerprint density at radius 1 is 1.30 bits per heavy atom. The third-order valence-electron chi connectivity index (χ3n) is 3.43. The summed E-state index contributed by atoms with van der Waals surface area (Å²) >= 11 is 0. The molecule has 0 unspecified atom stereocenters. The third kappa shape index (κ3) is 6.99. The SMILES string of the molecule is COc1ccc([C@@H](C)NC(=O)CCCCCNC(N)=O)cc1F. The van der Waals surface area contributed by atoms with E-state index in [2.05, 4.69) is 10.6 Å². The summed E-state index contributed by atoms with van der Waals surface area (Å²) in [5.41, 5.74) is 5.63. The number of rotatable bonds is 9. The first-order valence-electron chi connectivity index (χ1n) is 7.60. The number of benzene rings is 1. The van der Waals surface area contributed by atoms with Gasteiger partial charge in [-0.05, 0) is 37.5 Å². The summed E-state index contributed by atoms with van der Waals surface area (Å²) < 4.78 is 18.5. The van der Waals surface area contributed by atoms with Crippen LogP contribution in [-0.4, -0.2) is 25.6 Å². The number of amides is 3. The highest BCUT2D eigenvalue weighted by atomic mass is 19.1. The van der Waals surface area contributed by atoms with Gasteiger partial charge in [0.1, 0.15) is 0 Å². The van der Waals surface area contributed by atoms with Gasteiger partial charge in [-0.15, -0.1) is 0 Å². The number of hydrogen-bond acceptors (Lipinski definition) is 3. The maximum atomic E-state index is 13.6. The predicted molar refractivity (Wildman–Crippen MR) is 85.6 cm³/mol. The van der Waals surface area contributed by atoms with E-state index >= 15 is 0 Å². The van der Waals surface area contributed by atoms with Crippen LogP contribution in [0.15, 0.2) is 18.2 Å². The van der Waals surface area contributed by atoms with Gasteiger partial charge in [0, 0.05) is 13.0 Å². The van der Waals surface area contributed by atoms with Gasteiger partial charge in [-0.25, -0.2) is 9.18 Å². The predicted octanol–water partition coefficient (Wildman–Crippen LogP) is 2.24. The minimum Gasteiger partial charge on any atom is -0.494 e. The molecule has 0 aromatic heterocycles. The molecule has 23 heavy (non-hydrogen) atoms. The Morgan fingerprint density at radius 3 is 2.65 bits per heavy atom. The molecule has 4 N–H and O–H groups in total. The fourth-order valence-corrected chi connectivity index (χ4v) is 2.15. The Bertz CT molecular complexity index is 537. The van der Waals surface area contributed by atoms with Crippen LogP contribution in [0.3, 0.4) is 0 Å². The van der Waals surface area contributed by atoms with Crippen molar-refractivity contribution in [3.8, 4) is 5.75 Å². The summed E-state index contributed by atoms with van der Waals surface area (Å²) in [7, 11) is 1.41. The van der Waals surface area contributed by atoms with Crippen molar-refractivity contribution in [2.24, 2.45) is 5.73 Å². The van der Waals surface area contributed by atoms with Gasteiger partial charge in [-0.3, -0.25) is 4.79 Å². The van der Waals surface area contributed by atoms with E-state index in [1.807, 2.05) is 0 Å². The van der Waals surface area contributed by atoms with Crippen molar-refractivity contribution in [2.45, 2.75) is 38.6 Å². The fourth-order valence-electron chi connectivity index (χ4n) is 2.15. The lowest BCUT2D eigenvalue weighted by Crippen LogP contribution is -2.30. The number of halogens is 1. The summed E-state index contributed by atoms with van der Waals surface area (Å²) in [6.07, 6.45) is 2.70. The van der Waals surface area contributed by atoms with Crippen molar-refractivity contribution in [1.29, 1.82) is 0 Å². The van der Waals surface area contributed by atoms with Gasteiger partial charge >= 0.3 is 6.03 Å². The number of ether oxygens (including phenoxy) is 1. The number of nitrogens with two attached hydrogens (primary N) is 1. The van der Waals surface area contributed by atoms with Crippen molar-refractivity contribution in [3.63, 3.8) is 0 Å². The Morgan fingerprint density at radius 2 is 2.04 bits per heavy atom. The van der Waals surface area contributed by atoms with E-state index < -0.39 is 11.8 Å². The van der Waals surface area contributed by atoms with Gasteiger partial charge in [0.15, 0.2) is 11.6 Å². The number of urea groups is 1. The Labute approximate surface area is 135 Å². The van der Waals surface area contributed by atoms with Crippen molar-refractivity contribution in [2.75, 3.05) is 13.7 Å². The number of hydrogen-bond donors (Lipinski definition) is 3. The number of primary amides is 1. The standard InChI is InChI=1S/C16H24FN3O3/c1-11(12-7-8-14(23-2)13(17)10-12)20-15(21)6-4-3-5-9-19-16(18)22/h7-8,10-11H,3-6,9H2,1-2H3,(H,20,21)(H3,18,19,22)/t11-/m1/s1. The quantitative estimate of drug-likeness (QED) is 0.608. The normalized spacial score (nSPS) is 11.6. The Balaban J connectivity index is 2.30. The van der Waals surface area contributed by atoms with Crippen LogP contribution in [0.4, 0.5) is 9.18 Å². The number of carbonyl (C=O) groups is 2. The lowest BCUT2D eigenvalue weighted by molar-refractivity contribution is -0.121. The lowest BCUT2D eigenvalue weighted by atomic mass is 10.1. The lowest BCUT2D eigenvalue weighted by Gasteiger charge is -2.15. The molecule has 0 radical (unpaired) electrons. The molecule has 1 rings (SSSR count). The third-order valence-corrected chi connectivity index (χ3v) is 3.43. The van der Waals surface area contributed by atoms with E-state index in [4.69, 9.17) is 10.5 Å². The molecule has 6 nitrogen and oxygen atoms in total. The van der Waals surface area contributed by atoms with Crippen molar-refractivity contribution >= 4 is 11.9 Å². The molecule has 0 bridgehead atoms. The maximum Gasteiger partial charge on any atom is 0.312 e. The van der Waals surface area contributed by atoms with E-state index in [1.54, 1.807) is 19.1 Å². The smallest absolute Gasteiger partial charge is 0.312 e. The van der Waals surface area contributed by atoms with E-state index in [9.17, 15) is 14.0 Å². The van der Waals surface area contributed by atoms with Gasteiger partial charge in [0.05, 0.1) is 13.2 Å². The van der Waals surface area contributed by atoms with Gasteiger partial charge in [-0.2, -0.15) is 0 Å². The first-order chi connectivity index (χ1) is 10.9. The number of nitrogens with one attached hydrogen (secondary N) is 2. The molecule has 0 fully saturated rings. The minimum atomic E-state index is -0.539. The van der Waals surface area contributed by atoms with Crippen LogP contribution in [0.2, 0.25) is 0 Å². The Hall–Kier alpha value is -2.31. The van der Waals surface area contributed by atoms with Gasteiger partial charge in [0.25, 0.3) is 0 Å². The van der Waals surface area contributed by atoms with Crippen LogP contribution in [0.5, 0.6) is 5.75 Å². The molecule has 0 spiro atoms. The average Bonchev–Trinajstić information content (AvgIpc) is 2.50. The molecule has 1 aromatic rings. The van der Waals surface area contributed by atoms with Crippen molar-refractivity contribution in [3.05, 3.63) is 29.6 Å². The van der Waals surface area contributed by atoms with Gasteiger partial charge in [-0.1, -0.05) is 12.5 Å². The van der Waals surface area contributed by atoms with Gasteiger partial charge < -0.3 is 21.1 Å². The van der Waals surface area contributed by atoms with E-state index in [0.717, 1.165) is 19.3 Å². The first-order valence-corrected chi connectivity index (χ1v) is 7.60. The molecular weight excluding hydrogens is 301 g/mol. The summed E-state index contributed by atoms with van der Waals surface area (Å²) in [6.45, 7) is 2.31. The van der Waals surface area contributed by atoms with Crippen molar-refractivity contribution in [1.82, 2.24) is 10.6 Å². The molecule has 0 aliphatic heterocycles. The summed E-state index contributed by atoms with van der Waals surface area (Å²) in [6, 6.07) is 3.81. The minimum absolute atomic E-state index is 0.0865.